The van der Waals surface area contributed by atoms with Gasteiger partial charge in [-0.15, -0.1) is 0 Å². The Hall–Kier alpha value is -4.41. The molecule has 0 saturated carbocycles. The molecule has 2 unspecified atom stereocenters. The van der Waals surface area contributed by atoms with Crippen molar-refractivity contribution in [3.8, 4) is 11.1 Å². The average Bonchev–Trinajstić information content (AvgIpc) is 3.38. The van der Waals surface area contributed by atoms with Gasteiger partial charge in [-0.3, -0.25) is 14.4 Å². The highest BCUT2D eigenvalue weighted by Crippen LogP contribution is 2.44. The van der Waals surface area contributed by atoms with Gasteiger partial charge in [0.05, 0.1) is 26.0 Å². The van der Waals surface area contributed by atoms with Gasteiger partial charge in [-0.25, -0.2) is 9.59 Å². The van der Waals surface area contributed by atoms with Crippen LogP contribution in [0.25, 0.3) is 11.1 Å². The molecule has 46 heavy (non-hydrogen) atoms. The number of hydrogen-bond donors (Lipinski definition) is 3. The number of unbranched alkanes of at least 4 members (excludes halogenated alkanes) is 1. The maximum atomic E-state index is 12.7. The summed E-state index contributed by atoms with van der Waals surface area (Å²) in [6.45, 7) is 4.53. The van der Waals surface area contributed by atoms with E-state index in [2.05, 4.69) is 22.8 Å². The maximum Gasteiger partial charge on any atom is 0.407 e. The van der Waals surface area contributed by atoms with Crippen LogP contribution in [0.4, 0.5) is 9.59 Å². The van der Waals surface area contributed by atoms with Crippen LogP contribution in [0, 0.1) is 5.92 Å². The molecule has 0 spiro atoms. The number of ether oxygens (including phenoxy) is 3. The first-order valence-electron chi connectivity index (χ1n) is 16.1. The molecular formula is C35H46N2O9. The molecule has 2 aromatic carbocycles. The molecule has 11 nitrogen and oxygen atoms in total. The number of carbonyl (C=O) groups excluding carboxylic acids is 4. The Kier molecular flexibility index (Phi) is 15.0. The standard InChI is InChI=1S/C35H46N2O9/c1-3-24(22-44-33(41)19-18-32(39)40)11-9-10-20-36-35(43)46-26(17-16-25(38)4-2)21-37-34(42)45-23-31-29-14-7-5-12-27(29)28-13-6-8-15-30(28)31/h5-8,12-15,24,26,31H,3-4,9-11,16-23H2,1-2H3,(H,36,43)(H,37,42)(H,39,40). The lowest BCUT2D eigenvalue weighted by molar-refractivity contribution is -0.148. The molecule has 2 atom stereocenters. The molecule has 250 valence electrons. The SMILES string of the molecule is CCC(=O)CCC(CNC(=O)OCC1c2ccccc2-c2ccccc21)OC(=O)NCCCCC(CC)COC(=O)CCC(=O)O. The van der Waals surface area contributed by atoms with Crippen LogP contribution >= 0.6 is 0 Å². The molecule has 2 aromatic rings. The van der Waals surface area contributed by atoms with E-state index in [1.165, 1.54) is 0 Å². The zero-order chi connectivity index (χ0) is 33.3. The van der Waals surface area contributed by atoms with Crippen LogP contribution in [-0.2, 0) is 28.6 Å². The molecule has 0 bridgehead atoms. The minimum absolute atomic E-state index is 0.00442. The van der Waals surface area contributed by atoms with E-state index in [4.69, 9.17) is 19.3 Å². The quantitative estimate of drug-likeness (QED) is 0.0901. The van der Waals surface area contributed by atoms with E-state index in [-0.39, 0.29) is 63.1 Å². The summed E-state index contributed by atoms with van der Waals surface area (Å²) in [7, 11) is 0. The number of alkyl carbamates (subject to hydrolysis) is 2. The van der Waals surface area contributed by atoms with Crippen molar-refractivity contribution in [2.24, 2.45) is 5.92 Å². The predicted octanol–water partition coefficient (Wildman–Crippen LogP) is 5.98. The van der Waals surface area contributed by atoms with Crippen molar-refractivity contribution < 1.29 is 43.3 Å². The summed E-state index contributed by atoms with van der Waals surface area (Å²) in [5, 5.41) is 14.1. The lowest BCUT2D eigenvalue weighted by Crippen LogP contribution is -2.38. The monoisotopic (exact) mass is 638 g/mol. The van der Waals surface area contributed by atoms with Crippen LogP contribution in [0.2, 0.25) is 0 Å². The van der Waals surface area contributed by atoms with Gasteiger partial charge in [0, 0.05) is 25.3 Å². The molecule has 0 aliphatic heterocycles. The molecule has 3 rings (SSSR count). The number of fused-ring (bicyclic) bond motifs is 3. The molecular weight excluding hydrogens is 592 g/mol. The summed E-state index contributed by atoms with van der Waals surface area (Å²) in [5.74, 6) is -1.46. The minimum atomic E-state index is -1.04. The van der Waals surface area contributed by atoms with Crippen molar-refractivity contribution in [2.45, 2.75) is 83.7 Å². The fourth-order valence-electron chi connectivity index (χ4n) is 5.39. The normalized spacial score (nSPS) is 13.1. The lowest BCUT2D eigenvalue weighted by Gasteiger charge is -2.19. The van der Waals surface area contributed by atoms with E-state index in [1.54, 1.807) is 6.92 Å². The fourth-order valence-corrected chi connectivity index (χ4v) is 5.39. The second kappa shape index (κ2) is 19.2. The van der Waals surface area contributed by atoms with Gasteiger partial charge in [-0.05, 0) is 47.4 Å². The topological polar surface area (TPSA) is 157 Å². The van der Waals surface area contributed by atoms with Gasteiger partial charge in [0.2, 0.25) is 0 Å². The van der Waals surface area contributed by atoms with E-state index < -0.39 is 30.2 Å². The van der Waals surface area contributed by atoms with E-state index in [9.17, 15) is 24.0 Å². The summed E-state index contributed by atoms with van der Waals surface area (Å²) in [6, 6.07) is 16.1. The summed E-state index contributed by atoms with van der Waals surface area (Å²) in [4.78, 5) is 59.4. The number of amides is 2. The largest absolute Gasteiger partial charge is 0.481 e. The van der Waals surface area contributed by atoms with Gasteiger partial charge in [-0.2, -0.15) is 0 Å². The molecule has 1 aliphatic carbocycles. The van der Waals surface area contributed by atoms with Gasteiger partial charge >= 0.3 is 24.1 Å². The molecule has 0 saturated heterocycles. The molecule has 11 heteroatoms. The van der Waals surface area contributed by atoms with Gasteiger partial charge in [-0.1, -0.05) is 75.2 Å². The number of benzene rings is 2. The average molecular weight is 639 g/mol. The van der Waals surface area contributed by atoms with E-state index >= 15 is 0 Å². The van der Waals surface area contributed by atoms with E-state index in [1.807, 2.05) is 43.3 Å². The summed E-state index contributed by atoms with van der Waals surface area (Å²) >= 11 is 0. The van der Waals surface area contributed by atoms with Gasteiger partial charge in [0.1, 0.15) is 18.5 Å². The van der Waals surface area contributed by atoms with Crippen LogP contribution < -0.4 is 10.6 Å². The van der Waals surface area contributed by atoms with Crippen LogP contribution in [0.15, 0.2) is 48.5 Å². The number of esters is 1. The third-order valence-corrected chi connectivity index (χ3v) is 8.14. The highest BCUT2D eigenvalue weighted by molar-refractivity contribution is 5.79. The van der Waals surface area contributed by atoms with Crippen LogP contribution in [0.3, 0.4) is 0 Å². The molecule has 0 heterocycles. The first-order chi connectivity index (χ1) is 22.2. The van der Waals surface area contributed by atoms with Crippen LogP contribution in [-0.4, -0.2) is 67.4 Å². The molecule has 0 aromatic heterocycles. The van der Waals surface area contributed by atoms with Crippen molar-refractivity contribution in [3.63, 3.8) is 0 Å². The third kappa shape index (κ3) is 11.8. The molecule has 1 aliphatic rings. The number of carbonyl (C=O) groups is 5. The summed E-state index contributed by atoms with van der Waals surface area (Å²) < 4.78 is 16.3. The minimum Gasteiger partial charge on any atom is -0.481 e. The number of rotatable bonds is 20. The molecule has 0 radical (unpaired) electrons. The zero-order valence-electron chi connectivity index (χ0n) is 26.8. The van der Waals surface area contributed by atoms with E-state index in [0.29, 0.717) is 19.4 Å². The lowest BCUT2D eigenvalue weighted by atomic mass is 9.98. The molecule has 0 fully saturated rings. The second-order valence-corrected chi connectivity index (χ2v) is 11.4. The van der Waals surface area contributed by atoms with Crippen LogP contribution in [0.1, 0.15) is 88.7 Å². The smallest absolute Gasteiger partial charge is 0.407 e. The highest BCUT2D eigenvalue weighted by atomic mass is 16.6. The zero-order valence-corrected chi connectivity index (χ0v) is 26.8. The number of Topliss-reactive ketones (excluding diaryl/α,β-unsaturated/α-hetero) is 1. The maximum absolute atomic E-state index is 12.7. The van der Waals surface area contributed by atoms with Crippen molar-refractivity contribution in [2.75, 3.05) is 26.3 Å². The molecule has 2 amide bonds. The summed E-state index contributed by atoms with van der Waals surface area (Å²) in [6.07, 6.45) is 1.53. The van der Waals surface area contributed by atoms with Crippen molar-refractivity contribution in [1.29, 1.82) is 0 Å². The number of nitrogens with one attached hydrogen (secondary N) is 2. The van der Waals surface area contributed by atoms with Crippen molar-refractivity contribution in [3.05, 3.63) is 59.7 Å². The Balaban J connectivity index is 1.39. The predicted molar refractivity (Wildman–Crippen MR) is 171 cm³/mol. The number of carboxylic acids is 1. The Morgan fingerprint density at radius 2 is 1.48 bits per heavy atom. The first-order valence-corrected chi connectivity index (χ1v) is 16.1. The fraction of sp³-hybridized carbons (Fsp3) is 0.514. The third-order valence-electron chi connectivity index (χ3n) is 8.14. The Morgan fingerprint density at radius 3 is 2.11 bits per heavy atom. The first kappa shape index (κ1) is 36.1. The van der Waals surface area contributed by atoms with E-state index in [0.717, 1.165) is 41.5 Å². The number of ketones is 1. The van der Waals surface area contributed by atoms with Crippen molar-refractivity contribution in [1.82, 2.24) is 10.6 Å². The Bertz CT molecular complexity index is 1280. The summed E-state index contributed by atoms with van der Waals surface area (Å²) in [5.41, 5.74) is 4.48. The molecule has 3 N–H and O–H groups in total. The highest BCUT2D eigenvalue weighted by Gasteiger charge is 2.29. The number of aliphatic carboxylic acids is 1. The van der Waals surface area contributed by atoms with Gasteiger partial charge < -0.3 is 30.0 Å². The Morgan fingerprint density at radius 1 is 0.804 bits per heavy atom. The second-order valence-electron chi connectivity index (χ2n) is 11.4. The van der Waals surface area contributed by atoms with Crippen molar-refractivity contribution >= 4 is 29.9 Å². The Labute approximate surface area is 270 Å². The van der Waals surface area contributed by atoms with Crippen LogP contribution in [0.5, 0.6) is 0 Å². The van der Waals surface area contributed by atoms with Gasteiger partial charge in [0.15, 0.2) is 0 Å². The van der Waals surface area contributed by atoms with Gasteiger partial charge in [0.25, 0.3) is 0 Å². The number of carboxylic acid groups (broad SMARTS) is 1. The number of hydrogen-bond acceptors (Lipinski definition) is 8.